The zero-order valence-electron chi connectivity index (χ0n) is 76.7. The molecule has 0 bridgehead atoms. The van der Waals surface area contributed by atoms with Gasteiger partial charge in [-0.15, -0.1) is 0 Å². The van der Waals surface area contributed by atoms with E-state index in [1.54, 1.807) is 201 Å². The Bertz CT molecular complexity index is 7490. The Balaban J connectivity index is 0.000000143. The van der Waals surface area contributed by atoms with Crippen molar-refractivity contribution in [1.29, 1.82) is 0 Å². The Kier molecular flexibility index (Phi) is 29.2. The standard InChI is InChI=1S/C40H37ClO5S2.2C36H34Cl2O5S2/c1-25-10-18-30(19-11-25)47(43,44)39-24-35-36(22-34(39)28-14-16-29(41)17-15-28)40(48(45,46)31-20-12-26(2)13-21-31)37(23-38(35)42)33-9-5-7-27-6-3-4-8-32(27)33;1-22-3-7-25(8-4-22)31-20-34(39)32-21-35(44(40,41)28-15-5-23(2)6-16-28)30(24-9-11-26(37)12-10-24)19-33(32)36(31)45(42,43)29-17-13-27(38)14-18-29;1-22-7-17-28(18-8-22)44(40,41)35-21-31-32(19-29(35)24-9-13-26(37)14-10-24)36(45(42,43)34-6-4-3-5-23(34)2)30(20-33(31)39)25-11-15-27(38)16-12-25/h3-21,34-37,39-40H,22-24H2,1-2H3;3-18,30-33,35-36H,19-21H2,1-2H3;3-18,29-32,35-36H,19-21H2,1-2H3/t34-,35+,36-,37-,39?,40?;30-,31-,32+,33-,35?,36?;29-,30-,31+,32-,35?,36?/m000/s1. The number of halogens is 5. The summed E-state index contributed by atoms with van der Waals surface area (Å²) in [5, 5.41) is -1.18. The van der Waals surface area contributed by atoms with Crippen LogP contribution in [-0.2, 0) is 73.4 Å². The lowest BCUT2D eigenvalue weighted by atomic mass is 9.61. The van der Waals surface area contributed by atoms with E-state index < -0.39 is 162 Å². The number of aryl methyl sites for hydroxylation is 6. The Morgan fingerprint density at radius 3 is 0.804 bits per heavy atom. The van der Waals surface area contributed by atoms with Gasteiger partial charge in [0.2, 0.25) is 0 Å². The second-order valence-electron chi connectivity index (χ2n) is 38.3. The van der Waals surface area contributed by atoms with Crippen LogP contribution in [-0.4, -0.2) is 99.4 Å². The Hall–Kier alpha value is -9.72. The minimum atomic E-state index is -3.98. The van der Waals surface area contributed by atoms with E-state index in [-0.39, 0.29) is 105 Å². The molecular weight excluding hydrogens is 1950 g/mol. The van der Waals surface area contributed by atoms with Gasteiger partial charge in [0, 0.05) is 97.6 Å². The van der Waals surface area contributed by atoms with Crippen LogP contribution in [0.1, 0.15) is 160 Å². The fraction of sp³-hybridized carbons (Fsp3) is 0.295. The maximum atomic E-state index is 15.0. The van der Waals surface area contributed by atoms with E-state index in [0.29, 0.717) is 30.7 Å². The third-order valence-electron chi connectivity index (χ3n) is 30.0. The van der Waals surface area contributed by atoms with Gasteiger partial charge in [-0.2, -0.15) is 0 Å². The number of hydrogen-bond donors (Lipinski definition) is 0. The maximum Gasteiger partial charge on any atom is 0.182 e. The van der Waals surface area contributed by atoms with Gasteiger partial charge in [-0.25, -0.2) is 50.5 Å². The first-order valence-corrected chi connectivity index (χ1v) is 57.5. The second-order valence-corrected chi connectivity index (χ2v) is 53.3. The highest BCUT2D eigenvalue weighted by atomic mass is 35.5. The van der Waals surface area contributed by atoms with Crippen LogP contribution in [0.5, 0.6) is 0 Å². The van der Waals surface area contributed by atoms with Crippen molar-refractivity contribution in [2.24, 2.45) is 35.5 Å². The van der Waals surface area contributed by atoms with Gasteiger partial charge in [0.1, 0.15) is 17.3 Å². The molecule has 6 fully saturated rings. The van der Waals surface area contributed by atoms with Crippen LogP contribution in [0.2, 0.25) is 25.1 Å². The van der Waals surface area contributed by atoms with Crippen molar-refractivity contribution in [3.63, 3.8) is 0 Å². The van der Waals surface area contributed by atoms with Gasteiger partial charge in [0.25, 0.3) is 0 Å². The third-order valence-corrected chi connectivity index (χ3v) is 45.1. The molecule has 13 aromatic carbocycles. The predicted molar refractivity (Wildman–Crippen MR) is 548 cm³/mol. The van der Waals surface area contributed by atoms with E-state index in [0.717, 1.165) is 72.0 Å². The van der Waals surface area contributed by atoms with Crippen molar-refractivity contribution >= 4 is 145 Å². The summed E-state index contributed by atoms with van der Waals surface area (Å²) in [6, 6.07) is 90.0. The first-order chi connectivity index (χ1) is 65.7. The van der Waals surface area contributed by atoms with Gasteiger partial charge < -0.3 is 0 Å². The summed E-state index contributed by atoms with van der Waals surface area (Å²) in [6.45, 7) is 11.3. The van der Waals surface area contributed by atoms with Gasteiger partial charge in [-0.05, 0) is 275 Å². The van der Waals surface area contributed by atoms with E-state index in [2.05, 4.69) is 0 Å². The van der Waals surface area contributed by atoms with Gasteiger partial charge >= 0.3 is 0 Å². The van der Waals surface area contributed by atoms with Crippen molar-refractivity contribution in [1.82, 2.24) is 0 Å². The second kappa shape index (κ2) is 40.4. The largest absolute Gasteiger partial charge is 0.299 e. The minimum Gasteiger partial charge on any atom is -0.299 e. The summed E-state index contributed by atoms with van der Waals surface area (Å²) in [7, 11) is -23.6. The van der Waals surface area contributed by atoms with E-state index >= 15 is 0 Å². The molecule has 138 heavy (non-hydrogen) atoms. The molecular formula is C112H105Cl5O15S6. The number of rotatable bonds is 18. The first-order valence-electron chi connectivity index (χ1n) is 46.3. The van der Waals surface area contributed by atoms with Crippen molar-refractivity contribution in [3.8, 4) is 0 Å². The highest BCUT2D eigenvalue weighted by molar-refractivity contribution is 7.93. The molecule has 0 saturated heterocycles. The van der Waals surface area contributed by atoms with E-state index in [4.69, 9.17) is 58.0 Å². The lowest BCUT2D eigenvalue weighted by Crippen LogP contribution is -2.53. The number of benzene rings is 13. The van der Waals surface area contributed by atoms with Gasteiger partial charge in [-0.3, -0.25) is 14.4 Å². The number of ketones is 3. The molecule has 15 nitrogen and oxygen atoms in total. The molecule has 0 aliphatic heterocycles. The smallest absolute Gasteiger partial charge is 0.182 e. The normalized spacial score (nSPS) is 25.2. The van der Waals surface area contributed by atoms with Crippen LogP contribution in [0.25, 0.3) is 10.8 Å². The van der Waals surface area contributed by atoms with Crippen LogP contribution in [0, 0.1) is 77.0 Å². The molecule has 0 radical (unpaired) electrons. The number of carbonyl (C=O) groups excluding carboxylic acids is 3. The van der Waals surface area contributed by atoms with Gasteiger partial charge in [0.15, 0.2) is 59.0 Å². The molecule has 26 heteroatoms. The van der Waals surface area contributed by atoms with Crippen LogP contribution in [0.4, 0.5) is 0 Å². The van der Waals surface area contributed by atoms with Crippen LogP contribution >= 0.6 is 58.0 Å². The quantitative estimate of drug-likeness (QED) is 0.0774. The molecule has 0 amide bonds. The molecule has 0 spiro atoms. The van der Waals surface area contributed by atoms with Crippen molar-refractivity contribution in [3.05, 3.63) is 401 Å². The number of Topliss-reactive ketones (excluding diaryl/α,β-unsaturated/α-hetero) is 3. The molecule has 6 aliphatic carbocycles. The summed E-state index contributed by atoms with van der Waals surface area (Å²) in [6.07, 6.45) is 0.835. The van der Waals surface area contributed by atoms with Crippen LogP contribution < -0.4 is 0 Å². The SMILES string of the molecule is Cc1ccc(S(=O)(=O)C2C[C@H]3C(=O)C[C@@H](c4ccc(Cl)cc4)C(S(=O)(=O)c4ccccc4C)[C@H]3C[C@H]2c2ccc(Cl)cc2)cc1.Cc1ccc(S(=O)(=O)C2C[C@H]3C(=O)C[C@@H](c4cccc5ccccc45)C(S(=O)(=O)c4ccc(C)cc4)[C@H]3C[C@H]2c2ccc(Cl)cc2)cc1.Cc1ccc([C@@H]2CC(=O)[C@@H]3CC(S(=O)(=O)c4ccc(C)cc4)[C@H](c4ccc(Cl)cc4)C[C@@H]3C2S(=O)(=O)c2ccc(Cl)cc2)cc1. The summed E-state index contributed by atoms with van der Waals surface area (Å²) >= 11 is 31.1. The van der Waals surface area contributed by atoms with Gasteiger partial charge in [-0.1, -0.05) is 268 Å². The van der Waals surface area contributed by atoms with Crippen molar-refractivity contribution in [2.45, 2.75) is 196 Å². The Morgan fingerprint density at radius 2 is 0.471 bits per heavy atom. The van der Waals surface area contributed by atoms with Crippen molar-refractivity contribution < 1.29 is 64.9 Å². The molecule has 6 saturated carbocycles. The van der Waals surface area contributed by atoms with Gasteiger partial charge in [0.05, 0.1) is 60.9 Å². The summed E-state index contributed by atoms with van der Waals surface area (Å²) in [5.74, 6) is -7.74. The number of sulfone groups is 6. The highest BCUT2D eigenvalue weighted by Gasteiger charge is 2.61. The summed E-state index contributed by atoms with van der Waals surface area (Å²) in [4.78, 5) is 43.6. The molecule has 0 heterocycles. The first kappa shape index (κ1) is 99.8. The molecule has 6 aliphatic rings. The third kappa shape index (κ3) is 20.1. The van der Waals surface area contributed by atoms with Crippen LogP contribution in [0.3, 0.4) is 0 Å². The average molecular weight is 2060 g/mol. The molecule has 19 rings (SSSR count). The molecule has 0 aromatic heterocycles. The predicted octanol–water partition coefficient (Wildman–Crippen LogP) is 25.0. The Labute approximate surface area is 835 Å². The van der Waals surface area contributed by atoms with Crippen LogP contribution in [0.15, 0.2) is 339 Å². The average Bonchev–Trinajstić information content (AvgIpc) is 0.725. The topological polar surface area (TPSA) is 256 Å². The molecule has 18 atom stereocenters. The maximum absolute atomic E-state index is 15.0. The monoisotopic (exact) mass is 2060 g/mol. The van der Waals surface area contributed by atoms with E-state index in [9.17, 15) is 64.9 Å². The Morgan fingerprint density at radius 1 is 0.225 bits per heavy atom. The van der Waals surface area contributed by atoms with Crippen molar-refractivity contribution in [2.75, 3.05) is 0 Å². The molecule has 13 aromatic rings. The molecule has 6 unspecified atom stereocenters. The number of hydrogen-bond acceptors (Lipinski definition) is 15. The fourth-order valence-electron chi connectivity index (χ4n) is 23.1. The lowest BCUT2D eigenvalue weighted by molar-refractivity contribution is -0.129. The fourth-order valence-corrected chi connectivity index (χ4v) is 36.9. The summed E-state index contributed by atoms with van der Waals surface area (Å²) in [5.41, 5.74) is 10.0. The zero-order chi connectivity index (χ0) is 98.0. The lowest BCUT2D eigenvalue weighted by Gasteiger charge is -2.48. The minimum absolute atomic E-state index is 0.00148. The van der Waals surface area contributed by atoms with E-state index in [1.165, 1.54) is 12.1 Å². The zero-order valence-corrected chi connectivity index (χ0v) is 85.3. The highest BCUT2D eigenvalue weighted by Crippen LogP contribution is 2.59. The summed E-state index contributed by atoms with van der Waals surface area (Å²) < 4.78 is 175. The molecule has 714 valence electrons. The number of carbonyl (C=O) groups is 3. The molecule has 0 N–H and O–H groups in total. The van der Waals surface area contributed by atoms with E-state index in [1.807, 2.05) is 138 Å². The number of fused-ring (bicyclic) bond motifs is 4.